The first-order valence-electron chi connectivity index (χ1n) is 10.5. The second-order valence-electron chi connectivity index (χ2n) is 8.25. The summed E-state index contributed by atoms with van der Waals surface area (Å²) < 4.78 is 34.3. The van der Waals surface area contributed by atoms with Gasteiger partial charge in [0.15, 0.2) is 0 Å². The molecule has 0 saturated heterocycles. The van der Waals surface area contributed by atoms with Crippen molar-refractivity contribution in [2.75, 3.05) is 5.75 Å². The van der Waals surface area contributed by atoms with Gasteiger partial charge >= 0.3 is 5.97 Å². The molecule has 5 unspecified atom stereocenters. The van der Waals surface area contributed by atoms with Gasteiger partial charge in [0.2, 0.25) is 10.0 Å². The van der Waals surface area contributed by atoms with Crippen LogP contribution in [0, 0.1) is 0 Å². The zero-order valence-corrected chi connectivity index (χ0v) is 18.1. The monoisotopic (exact) mass is 445 g/mol. The van der Waals surface area contributed by atoms with Gasteiger partial charge in [-0.15, -0.1) is 0 Å². The summed E-state index contributed by atoms with van der Waals surface area (Å²) in [6.45, 7) is 1.81. The minimum absolute atomic E-state index is 0.0811. The van der Waals surface area contributed by atoms with E-state index in [0.29, 0.717) is 24.2 Å². The first-order chi connectivity index (χ1) is 14.8. The molecule has 1 fully saturated rings. The Morgan fingerprint density at radius 1 is 1.19 bits per heavy atom. The Labute approximate surface area is 182 Å². The number of carbonyl (C=O) groups is 1. The van der Waals surface area contributed by atoms with E-state index in [1.54, 1.807) is 19.1 Å². The number of nitrogens with one attached hydrogen (secondary N) is 1. The van der Waals surface area contributed by atoms with Crippen LogP contribution in [-0.4, -0.2) is 48.6 Å². The van der Waals surface area contributed by atoms with Crippen LogP contribution in [-0.2, 0) is 21.2 Å². The molecule has 4 rings (SSSR count). The highest BCUT2D eigenvalue weighted by Crippen LogP contribution is 2.50. The molecule has 2 aliphatic rings. The predicted molar refractivity (Wildman–Crippen MR) is 116 cm³/mol. The van der Waals surface area contributed by atoms with Crippen molar-refractivity contribution in [1.29, 1.82) is 0 Å². The standard InChI is InChI=1S/C23H27NO6S/c1-2-15(23(26)27)16-9-6-10-17-20-19(30-22(16)17)13-18(25)21(20)24-31(28,29)12-11-14-7-4-3-5-8-14/h3-10,15,18-21,24-25H,2,11-13H2,1H3,(H,26,27). The van der Waals surface area contributed by atoms with Gasteiger partial charge < -0.3 is 14.9 Å². The molecular weight excluding hydrogens is 418 g/mol. The molecule has 166 valence electrons. The van der Waals surface area contributed by atoms with Crippen LogP contribution in [0.1, 0.15) is 48.3 Å². The number of aliphatic carboxylic acids is 1. The topological polar surface area (TPSA) is 113 Å². The number of hydrogen-bond donors (Lipinski definition) is 3. The third-order valence-electron chi connectivity index (χ3n) is 6.28. The predicted octanol–water partition coefficient (Wildman–Crippen LogP) is 2.40. The van der Waals surface area contributed by atoms with Gasteiger partial charge in [-0.1, -0.05) is 55.5 Å². The third-order valence-corrected chi connectivity index (χ3v) is 7.65. The number of benzene rings is 2. The molecule has 1 aliphatic heterocycles. The van der Waals surface area contributed by atoms with E-state index in [4.69, 9.17) is 4.74 Å². The summed E-state index contributed by atoms with van der Waals surface area (Å²) >= 11 is 0. The lowest BCUT2D eigenvalue weighted by atomic mass is 9.89. The molecule has 5 atom stereocenters. The number of carboxylic acid groups (broad SMARTS) is 1. The first-order valence-corrected chi connectivity index (χ1v) is 12.2. The van der Waals surface area contributed by atoms with Crippen molar-refractivity contribution >= 4 is 16.0 Å². The molecule has 0 amide bonds. The second-order valence-corrected chi connectivity index (χ2v) is 10.1. The lowest BCUT2D eigenvalue weighted by Crippen LogP contribution is -2.44. The Bertz CT molecular complexity index is 1050. The number of fused-ring (bicyclic) bond motifs is 3. The fraction of sp³-hybridized carbons (Fsp3) is 0.435. The van der Waals surface area contributed by atoms with E-state index in [1.807, 2.05) is 36.4 Å². The van der Waals surface area contributed by atoms with Crippen LogP contribution >= 0.6 is 0 Å². The van der Waals surface area contributed by atoms with Crippen molar-refractivity contribution in [2.24, 2.45) is 0 Å². The molecule has 1 heterocycles. The van der Waals surface area contributed by atoms with Gasteiger partial charge in [-0.3, -0.25) is 4.79 Å². The van der Waals surface area contributed by atoms with Crippen molar-refractivity contribution in [3.05, 3.63) is 65.2 Å². The number of para-hydroxylation sites is 1. The van der Waals surface area contributed by atoms with Crippen LogP contribution < -0.4 is 9.46 Å². The maximum absolute atomic E-state index is 12.8. The summed E-state index contributed by atoms with van der Waals surface area (Å²) in [5.74, 6) is -1.54. The fourth-order valence-corrected chi connectivity index (χ4v) is 6.10. The van der Waals surface area contributed by atoms with Crippen LogP contribution in [0.5, 0.6) is 5.75 Å². The van der Waals surface area contributed by atoms with E-state index < -0.39 is 34.1 Å². The van der Waals surface area contributed by atoms with Crippen molar-refractivity contribution in [3.63, 3.8) is 0 Å². The molecule has 0 radical (unpaired) electrons. The van der Waals surface area contributed by atoms with Gasteiger partial charge in [-0.2, -0.15) is 0 Å². The molecule has 2 aromatic carbocycles. The molecule has 2 aromatic rings. The smallest absolute Gasteiger partial charge is 0.311 e. The Morgan fingerprint density at radius 2 is 1.94 bits per heavy atom. The number of rotatable bonds is 8. The van der Waals surface area contributed by atoms with E-state index in [2.05, 4.69) is 4.72 Å². The lowest BCUT2D eigenvalue weighted by molar-refractivity contribution is -0.138. The van der Waals surface area contributed by atoms with Crippen LogP contribution in [0.25, 0.3) is 0 Å². The fourth-order valence-electron chi connectivity index (χ4n) is 4.76. The van der Waals surface area contributed by atoms with Crippen LogP contribution in [0.3, 0.4) is 0 Å². The van der Waals surface area contributed by atoms with Gasteiger partial charge in [0.05, 0.1) is 23.8 Å². The van der Waals surface area contributed by atoms with Crippen LogP contribution in [0.15, 0.2) is 48.5 Å². The number of ether oxygens (including phenoxy) is 1. The lowest BCUT2D eigenvalue weighted by Gasteiger charge is -2.22. The number of carboxylic acids is 1. The van der Waals surface area contributed by atoms with Gasteiger partial charge in [0.25, 0.3) is 0 Å². The molecule has 1 saturated carbocycles. The van der Waals surface area contributed by atoms with E-state index >= 15 is 0 Å². The maximum Gasteiger partial charge on any atom is 0.311 e. The highest BCUT2D eigenvalue weighted by molar-refractivity contribution is 7.89. The number of sulfonamides is 1. The molecule has 0 spiro atoms. The average Bonchev–Trinajstić information content (AvgIpc) is 3.24. The molecule has 7 nitrogen and oxygen atoms in total. The molecule has 1 aliphatic carbocycles. The molecule has 3 N–H and O–H groups in total. The molecule has 0 bridgehead atoms. The van der Waals surface area contributed by atoms with Gasteiger partial charge in [-0.25, -0.2) is 13.1 Å². The van der Waals surface area contributed by atoms with E-state index in [0.717, 1.165) is 11.1 Å². The zero-order valence-electron chi connectivity index (χ0n) is 17.3. The molecular formula is C23H27NO6S. The number of aliphatic hydroxyl groups excluding tert-OH is 1. The summed E-state index contributed by atoms with van der Waals surface area (Å²) in [7, 11) is -3.64. The Kier molecular flexibility index (Phi) is 6.05. The third kappa shape index (κ3) is 4.33. The summed E-state index contributed by atoms with van der Waals surface area (Å²) in [5, 5.41) is 20.2. The summed E-state index contributed by atoms with van der Waals surface area (Å²) in [6, 6.07) is 14.0. The highest BCUT2D eigenvalue weighted by atomic mass is 32.2. The SMILES string of the molecule is CCC(C(=O)O)c1cccc2c1OC1CC(O)C(NS(=O)(=O)CCc3ccccc3)C21. The number of hydrogen-bond acceptors (Lipinski definition) is 5. The van der Waals surface area contributed by atoms with E-state index in [-0.39, 0.29) is 24.2 Å². The second kappa shape index (κ2) is 8.61. The summed E-state index contributed by atoms with van der Waals surface area (Å²) in [4.78, 5) is 11.7. The number of aliphatic hydroxyl groups is 1. The van der Waals surface area contributed by atoms with E-state index in [1.165, 1.54) is 0 Å². The normalized spacial score (nSPS) is 25.5. The Balaban J connectivity index is 1.56. The summed E-state index contributed by atoms with van der Waals surface area (Å²) in [6.07, 6.45) is -0.183. The van der Waals surface area contributed by atoms with Crippen molar-refractivity contribution in [2.45, 2.75) is 56.3 Å². The Morgan fingerprint density at radius 3 is 2.61 bits per heavy atom. The minimum atomic E-state index is -3.64. The summed E-state index contributed by atoms with van der Waals surface area (Å²) in [5.41, 5.74) is 2.28. The van der Waals surface area contributed by atoms with Crippen LogP contribution in [0.4, 0.5) is 0 Å². The number of aryl methyl sites for hydroxylation is 1. The molecule has 0 aromatic heterocycles. The Hall–Kier alpha value is -2.42. The van der Waals surface area contributed by atoms with Crippen molar-refractivity contribution in [1.82, 2.24) is 4.72 Å². The van der Waals surface area contributed by atoms with Crippen molar-refractivity contribution < 1.29 is 28.2 Å². The van der Waals surface area contributed by atoms with Crippen molar-refractivity contribution in [3.8, 4) is 5.75 Å². The zero-order chi connectivity index (χ0) is 22.2. The minimum Gasteiger partial charge on any atom is -0.489 e. The molecule has 31 heavy (non-hydrogen) atoms. The maximum atomic E-state index is 12.8. The largest absolute Gasteiger partial charge is 0.489 e. The van der Waals surface area contributed by atoms with E-state index in [9.17, 15) is 23.4 Å². The van der Waals surface area contributed by atoms with Gasteiger partial charge in [0.1, 0.15) is 11.9 Å². The quantitative estimate of drug-likeness (QED) is 0.575. The molecule has 8 heteroatoms. The highest BCUT2D eigenvalue weighted by Gasteiger charge is 2.51. The van der Waals surface area contributed by atoms with Gasteiger partial charge in [-0.05, 0) is 18.4 Å². The average molecular weight is 446 g/mol. The van der Waals surface area contributed by atoms with Crippen LogP contribution in [0.2, 0.25) is 0 Å². The van der Waals surface area contributed by atoms with Gasteiger partial charge in [0, 0.05) is 23.5 Å². The first kappa shape index (κ1) is 21.8.